The molecule has 0 radical (unpaired) electrons. The van der Waals surface area contributed by atoms with Crippen LogP contribution in [0.2, 0.25) is 0 Å². The average molecular weight is 329 g/mol. The number of rotatable bonds is 5. The molecule has 2 aromatic heterocycles. The second-order valence-electron chi connectivity index (χ2n) is 6.99. The molecule has 1 aliphatic rings. The number of pyridine rings is 1. The molecule has 0 aliphatic carbocycles. The normalized spacial score (nSPS) is 18.2. The van der Waals surface area contributed by atoms with Crippen molar-refractivity contribution in [2.24, 2.45) is 5.92 Å². The largest absolute Gasteiger partial charge is 0.352 e. The van der Waals surface area contributed by atoms with E-state index in [2.05, 4.69) is 34.6 Å². The first kappa shape index (κ1) is 16.9. The van der Waals surface area contributed by atoms with Crippen molar-refractivity contribution in [1.82, 2.24) is 25.4 Å². The van der Waals surface area contributed by atoms with Crippen molar-refractivity contribution in [2.45, 2.75) is 46.1 Å². The lowest BCUT2D eigenvalue weighted by molar-refractivity contribution is 0.0952. The Bertz CT molecular complexity index is 716. The SMILES string of the molecule is Cc1cc(C(=O)NCCC2CCCNC2)c2cnn(C(C)C)c2n1. The van der Waals surface area contributed by atoms with Gasteiger partial charge >= 0.3 is 0 Å². The van der Waals surface area contributed by atoms with Gasteiger partial charge in [-0.15, -0.1) is 0 Å². The number of carbonyl (C=O) groups excluding carboxylic acids is 1. The quantitative estimate of drug-likeness (QED) is 0.884. The van der Waals surface area contributed by atoms with Gasteiger partial charge < -0.3 is 10.6 Å². The number of piperidine rings is 1. The van der Waals surface area contributed by atoms with Gasteiger partial charge in [0.15, 0.2) is 5.65 Å². The summed E-state index contributed by atoms with van der Waals surface area (Å²) in [5.41, 5.74) is 2.30. The van der Waals surface area contributed by atoms with Crippen molar-refractivity contribution in [3.05, 3.63) is 23.5 Å². The average Bonchev–Trinajstić information content (AvgIpc) is 2.98. The number of fused-ring (bicyclic) bond motifs is 1. The summed E-state index contributed by atoms with van der Waals surface area (Å²) in [4.78, 5) is 17.2. The topological polar surface area (TPSA) is 71.8 Å². The van der Waals surface area contributed by atoms with Crippen molar-refractivity contribution in [3.63, 3.8) is 0 Å². The van der Waals surface area contributed by atoms with Crippen LogP contribution in [0.25, 0.3) is 11.0 Å². The molecule has 0 spiro atoms. The van der Waals surface area contributed by atoms with Gasteiger partial charge in [0.05, 0.1) is 17.1 Å². The van der Waals surface area contributed by atoms with Crippen molar-refractivity contribution in [2.75, 3.05) is 19.6 Å². The predicted molar refractivity (Wildman–Crippen MR) is 95.2 cm³/mol. The van der Waals surface area contributed by atoms with E-state index in [1.165, 1.54) is 12.8 Å². The van der Waals surface area contributed by atoms with E-state index in [0.717, 1.165) is 36.2 Å². The molecule has 3 heterocycles. The van der Waals surface area contributed by atoms with Crippen LogP contribution in [0.5, 0.6) is 0 Å². The number of aromatic nitrogens is 3. The molecule has 2 aromatic rings. The second kappa shape index (κ2) is 7.30. The third-order valence-corrected chi connectivity index (χ3v) is 4.67. The summed E-state index contributed by atoms with van der Waals surface area (Å²) >= 11 is 0. The molecule has 6 heteroatoms. The Hall–Kier alpha value is -1.95. The van der Waals surface area contributed by atoms with Crippen molar-refractivity contribution >= 4 is 16.9 Å². The Labute approximate surface area is 143 Å². The van der Waals surface area contributed by atoms with Gasteiger partial charge in [-0.2, -0.15) is 5.10 Å². The fraction of sp³-hybridized carbons (Fsp3) is 0.611. The van der Waals surface area contributed by atoms with Gasteiger partial charge in [-0.1, -0.05) is 0 Å². The lowest BCUT2D eigenvalue weighted by atomic mass is 9.96. The highest BCUT2D eigenvalue weighted by molar-refractivity contribution is 6.05. The van der Waals surface area contributed by atoms with Crippen molar-refractivity contribution in [3.8, 4) is 0 Å². The molecular formula is C18H27N5O. The summed E-state index contributed by atoms with van der Waals surface area (Å²) in [7, 11) is 0. The minimum Gasteiger partial charge on any atom is -0.352 e. The van der Waals surface area contributed by atoms with Crippen LogP contribution in [0.1, 0.15) is 55.2 Å². The molecule has 130 valence electrons. The fourth-order valence-corrected chi connectivity index (χ4v) is 3.36. The molecular weight excluding hydrogens is 302 g/mol. The van der Waals surface area contributed by atoms with Crippen LogP contribution in [0.4, 0.5) is 0 Å². The molecule has 6 nitrogen and oxygen atoms in total. The Morgan fingerprint density at radius 2 is 2.33 bits per heavy atom. The zero-order valence-electron chi connectivity index (χ0n) is 14.8. The van der Waals surface area contributed by atoms with E-state index in [0.29, 0.717) is 18.0 Å². The standard InChI is InChI=1S/C18H27N5O/c1-12(2)23-17-16(11-21-23)15(9-13(3)22-17)18(24)20-8-6-14-5-4-7-19-10-14/h9,11-12,14,19H,4-8,10H2,1-3H3,(H,20,24). The molecule has 0 bridgehead atoms. The smallest absolute Gasteiger partial charge is 0.252 e. The maximum Gasteiger partial charge on any atom is 0.252 e. The number of amides is 1. The van der Waals surface area contributed by atoms with Gasteiger partial charge in [-0.05, 0) is 65.1 Å². The van der Waals surface area contributed by atoms with Gasteiger partial charge in [0.2, 0.25) is 0 Å². The van der Waals surface area contributed by atoms with Crippen LogP contribution < -0.4 is 10.6 Å². The molecule has 1 unspecified atom stereocenters. The monoisotopic (exact) mass is 329 g/mol. The zero-order chi connectivity index (χ0) is 17.1. The number of hydrogen-bond acceptors (Lipinski definition) is 4. The highest BCUT2D eigenvalue weighted by Gasteiger charge is 2.17. The van der Waals surface area contributed by atoms with Gasteiger partial charge in [0, 0.05) is 18.3 Å². The van der Waals surface area contributed by atoms with Gasteiger partial charge in [-0.3, -0.25) is 4.79 Å². The molecule has 1 atom stereocenters. The third kappa shape index (κ3) is 3.59. The maximum atomic E-state index is 12.6. The highest BCUT2D eigenvalue weighted by Crippen LogP contribution is 2.21. The molecule has 0 aromatic carbocycles. The molecule has 1 aliphatic heterocycles. The summed E-state index contributed by atoms with van der Waals surface area (Å²) in [6.07, 6.45) is 5.26. The minimum absolute atomic E-state index is 0.0300. The number of aryl methyl sites for hydroxylation is 1. The van der Waals surface area contributed by atoms with Crippen molar-refractivity contribution in [1.29, 1.82) is 0 Å². The Kier molecular flexibility index (Phi) is 5.14. The number of carbonyl (C=O) groups is 1. The first-order valence-corrected chi connectivity index (χ1v) is 8.90. The zero-order valence-corrected chi connectivity index (χ0v) is 14.8. The molecule has 1 amide bonds. The van der Waals surface area contributed by atoms with E-state index in [9.17, 15) is 4.79 Å². The maximum absolute atomic E-state index is 12.6. The first-order valence-electron chi connectivity index (χ1n) is 8.90. The molecule has 24 heavy (non-hydrogen) atoms. The summed E-state index contributed by atoms with van der Waals surface area (Å²) in [6.45, 7) is 8.95. The Balaban J connectivity index is 1.72. The third-order valence-electron chi connectivity index (χ3n) is 4.67. The van der Waals surface area contributed by atoms with Crippen LogP contribution in [0, 0.1) is 12.8 Å². The Morgan fingerprint density at radius 3 is 3.04 bits per heavy atom. The van der Waals surface area contributed by atoms with Gasteiger partial charge in [0.1, 0.15) is 0 Å². The van der Waals surface area contributed by atoms with Crippen LogP contribution >= 0.6 is 0 Å². The number of hydrogen-bond donors (Lipinski definition) is 2. The van der Waals surface area contributed by atoms with E-state index < -0.39 is 0 Å². The minimum atomic E-state index is -0.0300. The summed E-state index contributed by atoms with van der Waals surface area (Å²) < 4.78 is 1.87. The number of nitrogens with one attached hydrogen (secondary N) is 2. The predicted octanol–water partition coefficient (Wildman–Crippen LogP) is 2.44. The highest BCUT2D eigenvalue weighted by atomic mass is 16.1. The lowest BCUT2D eigenvalue weighted by Gasteiger charge is -2.22. The molecule has 1 fully saturated rings. The molecule has 0 saturated carbocycles. The molecule has 3 rings (SSSR count). The van der Waals surface area contributed by atoms with Crippen LogP contribution in [0.3, 0.4) is 0 Å². The van der Waals surface area contributed by atoms with Crippen LogP contribution in [-0.4, -0.2) is 40.3 Å². The lowest BCUT2D eigenvalue weighted by Crippen LogP contribution is -2.33. The summed E-state index contributed by atoms with van der Waals surface area (Å²) in [5.74, 6) is 0.638. The number of nitrogens with zero attached hydrogens (tertiary/aromatic N) is 3. The summed E-state index contributed by atoms with van der Waals surface area (Å²) in [6, 6.07) is 2.07. The van der Waals surface area contributed by atoms with Gasteiger partial charge in [0.25, 0.3) is 5.91 Å². The summed E-state index contributed by atoms with van der Waals surface area (Å²) in [5, 5.41) is 11.7. The first-order chi connectivity index (χ1) is 11.6. The molecule has 1 saturated heterocycles. The van der Waals surface area contributed by atoms with Crippen LogP contribution in [0.15, 0.2) is 12.3 Å². The van der Waals surface area contributed by atoms with E-state index in [4.69, 9.17) is 0 Å². The van der Waals surface area contributed by atoms with E-state index in [-0.39, 0.29) is 11.9 Å². The molecule has 2 N–H and O–H groups in total. The second-order valence-corrected chi connectivity index (χ2v) is 6.99. The van der Waals surface area contributed by atoms with E-state index >= 15 is 0 Å². The van der Waals surface area contributed by atoms with E-state index in [1.54, 1.807) is 6.20 Å². The van der Waals surface area contributed by atoms with Gasteiger partial charge in [-0.25, -0.2) is 9.67 Å². The van der Waals surface area contributed by atoms with Crippen LogP contribution in [-0.2, 0) is 0 Å². The van der Waals surface area contributed by atoms with Crippen molar-refractivity contribution < 1.29 is 4.79 Å². The van der Waals surface area contributed by atoms with E-state index in [1.807, 2.05) is 17.7 Å². The Morgan fingerprint density at radius 1 is 1.50 bits per heavy atom. The fourth-order valence-electron chi connectivity index (χ4n) is 3.36.